The molecule has 1 aromatic carbocycles. The molecule has 1 aliphatic rings. The summed E-state index contributed by atoms with van der Waals surface area (Å²) in [7, 11) is 0. The van der Waals surface area contributed by atoms with E-state index in [2.05, 4.69) is 5.32 Å². The molecule has 10 nitrogen and oxygen atoms in total. The minimum atomic E-state index is -1.29. The lowest BCUT2D eigenvalue weighted by atomic mass is 10.2. The zero-order chi connectivity index (χ0) is 20.6. The average molecular weight is 384 g/mol. The van der Waals surface area contributed by atoms with Crippen molar-refractivity contribution < 1.29 is 24.4 Å². The van der Waals surface area contributed by atoms with E-state index in [9.17, 15) is 24.5 Å². The van der Waals surface area contributed by atoms with Crippen molar-refractivity contribution >= 4 is 29.7 Å². The van der Waals surface area contributed by atoms with E-state index in [0.29, 0.717) is 16.2 Å². The molecule has 28 heavy (non-hydrogen) atoms. The molecule has 0 spiro atoms. The molecule has 0 atom stereocenters. The molecule has 2 heterocycles. The van der Waals surface area contributed by atoms with Gasteiger partial charge in [0, 0.05) is 29.2 Å². The van der Waals surface area contributed by atoms with Crippen LogP contribution in [-0.2, 0) is 9.59 Å². The number of aryl methyl sites for hydroxylation is 1. The van der Waals surface area contributed by atoms with E-state index in [1.54, 1.807) is 25.1 Å². The van der Waals surface area contributed by atoms with Crippen LogP contribution in [0, 0.1) is 24.0 Å². The number of benzene rings is 1. The Morgan fingerprint density at radius 2 is 1.89 bits per heavy atom. The second-order valence-corrected chi connectivity index (χ2v) is 6.21. The van der Waals surface area contributed by atoms with Gasteiger partial charge in [0.2, 0.25) is 0 Å². The van der Waals surface area contributed by atoms with Gasteiger partial charge in [-0.15, -0.1) is 0 Å². The van der Waals surface area contributed by atoms with E-state index >= 15 is 0 Å². The van der Waals surface area contributed by atoms with Gasteiger partial charge in [0.25, 0.3) is 11.6 Å². The van der Waals surface area contributed by atoms with Gasteiger partial charge in [0.05, 0.1) is 4.92 Å². The fourth-order valence-electron chi connectivity index (χ4n) is 3.06. The lowest BCUT2D eigenvalue weighted by molar-refractivity contribution is -0.384. The van der Waals surface area contributed by atoms with Crippen molar-refractivity contribution in [3.8, 4) is 5.69 Å². The van der Waals surface area contributed by atoms with Crippen molar-refractivity contribution in [3.63, 3.8) is 0 Å². The highest BCUT2D eigenvalue weighted by atomic mass is 16.6. The first-order valence-corrected chi connectivity index (χ1v) is 8.19. The smallest absolute Gasteiger partial charge is 0.329 e. The van der Waals surface area contributed by atoms with Gasteiger partial charge in [0.15, 0.2) is 0 Å². The summed E-state index contributed by atoms with van der Waals surface area (Å²) in [6, 6.07) is 7.04. The molecule has 2 aromatic rings. The highest BCUT2D eigenvalue weighted by Gasteiger charge is 2.35. The van der Waals surface area contributed by atoms with Crippen LogP contribution in [0.4, 0.5) is 10.5 Å². The van der Waals surface area contributed by atoms with Crippen LogP contribution in [0.15, 0.2) is 36.0 Å². The maximum atomic E-state index is 12.3. The predicted octanol–water partition coefficient (Wildman–Crippen LogP) is 1.98. The van der Waals surface area contributed by atoms with E-state index in [1.807, 2.05) is 11.5 Å². The lowest BCUT2D eigenvalue weighted by Gasteiger charge is -2.09. The van der Waals surface area contributed by atoms with Crippen molar-refractivity contribution in [3.05, 3.63) is 63.1 Å². The fraction of sp³-hybridized carbons (Fsp3) is 0.167. The second-order valence-electron chi connectivity index (χ2n) is 6.21. The zero-order valence-electron chi connectivity index (χ0n) is 15.0. The number of urea groups is 1. The van der Waals surface area contributed by atoms with Gasteiger partial charge in [-0.3, -0.25) is 19.7 Å². The Kier molecular flexibility index (Phi) is 4.70. The molecule has 0 bridgehead atoms. The van der Waals surface area contributed by atoms with Crippen molar-refractivity contribution in [2.24, 2.45) is 0 Å². The summed E-state index contributed by atoms with van der Waals surface area (Å²) < 4.78 is 1.85. The number of nitrogens with zero attached hydrogens (tertiary/aromatic N) is 3. The molecule has 3 rings (SSSR count). The van der Waals surface area contributed by atoms with Crippen molar-refractivity contribution in [1.29, 1.82) is 0 Å². The van der Waals surface area contributed by atoms with Gasteiger partial charge in [-0.05, 0) is 43.7 Å². The molecule has 1 saturated heterocycles. The summed E-state index contributed by atoms with van der Waals surface area (Å²) in [6.07, 6.45) is 1.48. The number of hydrogen-bond donors (Lipinski definition) is 2. The molecule has 3 amide bonds. The number of non-ortho nitro benzene ring substituents is 1. The topological polar surface area (TPSA) is 135 Å². The van der Waals surface area contributed by atoms with Crippen LogP contribution in [0.25, 0.3) is 11.8 Å². The molecule has 0 saturated carbocycles. The van der Waals surface area contributed by atoms with Crippen molar-refractivity contribution in [1.82, 2.24) is 14.8 Å². The number of rotatable bonds is 5. The Hall–Kier alpha value is -3.95. The van der Waals surface area contributed by atoms with Gasteiger partial charge in [-0.25, -0.2) is 9.69 Å². The number of amides is 3. The highest BCUT2D eigenvalue weighted by Crippen LogP contribution is 2.25. The maximum Gasteiger partial charge on any atom is 0.329 e. The zero-order valence-corrected chi connectivity index (χ0v) is 15.0. The summed E-state index contributed by atoms with van der Waals surface area (Å²) in [5, 5.41) is 22.0. The van der Waals surface area contributed by atoms with Crippen LogP contribution in [0.3, 0.4) is 0 Å². The van der Waals surface area contributed by atoms with E-state index < -0.39 is 29.4 Å². The standard InChI is InChI=1S/C18H16N4O6/c1-10-7-12(8-15-17(25)20(9-16(23)24)18(26)19-15)11(2)21(10)13-3-5-14(6-4-13)22(27)28/h3-8H,9H2,1-2H3,(H,19,26)(H,23,24)/b15-8-. The summed E-state index contributed by atoms with van der Waals surface area (Å²) in [5.74, 6) is -2.01. The first-order chi connectivity index (χ1) is 13.2. The van der Waals surface area contributed by atoms with Crippen LogP contribution in [-0.4, -0.2) is 43.9 Å². The van der Waals surface area contributed by atoms with E-state index in [0.717, 1.165) is 11.4 Å². The molecule has 2 N–H and O–H groups in total. The predicted molar refractivity (Wildman–Crippen MR) is 97.8 cm³/mol. The number of aliphatic carboxylic acids is 1. The molecule has 1 aromatic heterocycles. The highest BCUT2D eigenvalue weighted by molar-refractivity contribution is 6.15. The first kappa shape index (κ1) is 18.8. The van der Waals surface area contributed by atoms with Gasteiger partial charge in [-0.2, -0.15) is 0 Å². The second kappa shape index (κ2) is 6.99. The fourth-order valence-corrected chi connectivity index (χ4v) is 3.06. The number of imide groups is 1. The number of nitro benzene ring substituents is 1. The molecule has 10 heteroatoms. The van der Waals surface area contributed by atoms with Gasteiger partial charge in [0.1, 0.15) is 12.2 Å². The normalized spacial score (nSPS) is 15.2. The Morgan fingerprint density at radius 3 is 2.46 bits per heavy atom. The number of carboxylic acid groups (broad SMARTS) is 1. The number of carbonyl (C=O) groups excluding carboxylic acids is 2. The first-order valence-electron chi connectivity index (χ1n) is 8.19. The van der Waals surface area contributed by atoms with Gasteiger partial charge in [-0.1, -0.05) is 0 Å². The molecular weight excluding hydrogens is 368 g/mol. The SMILES string of the molecule is Cc1cc(/C=C2\NC(=O)N(CC(=O)O)C2=O)c(C)n1-c1ccc([N+](=O)[O-])cc1. The van der Waals surface area contributed by atoms with Crippen LogP contribution in [0.1, 0.15) is 17.0 Å². The summed E-state index contributed by atoms with van der Waals surface area (Å²) in [4.78, 5) is 45.8. The molecule has 0 unspecified atom stereocenters. The molecule has 1 aliphatic heterocycles. The van der Waals surface area contributed by atoms with E-state index in [4.69, 9.17) is 5.11 Å². The average Bonchev–Trinajstić information content (AvgIpc) is 3.05. The number of nitro groups is 1. The number of aromatic nitrogens is 1. The molecule has 144 valence electrons. The van der Waals surface area contributed by atoms with Crippen LogP contribution < -0.4 is 5.32 Å². The van der Waals surface area contributed by atoms with E-state index in [1.165, 1.54) is 18.2 Å². The number of hydrogen-bond acceptors (Lipinski definition) is 5. The Labute approximate surface area is 158 Å². The van der Waals surface area contributed by atoms with Crippen LogP contribution in [0.5, 0.6) is 0 Å². The van der Waals surface area contributed by atoms with Crippen molar-refractivity contribution in [2.45, 2.75) is 13.8 Å². The number of carboxylic acids is 1. The van der Waals surface area contributed by atoms with Crippen LogP contribution in [0.2, 0.25) is 0 Å². The Bertz CT molecular complexity index is 1040. The number of carbonyl (C=O) groups is 3. The molecule has 0 aliphatic carbocycles. The minimum Gasteiger partial charge on any atom is -0.480 e. The van der Waals surface area contributed by atoms with Crippen LogP contribution >= 0.6 is 0 Å². The summed E-state index contributed by atoms with van der Waals surface area (Å²) in [6.45, 7) is 2.92. The Morgan fingerprint density at radius 1 is 1.25 bits per heavy atom. The number of nitrogens with one attached hydrogen (secondary N) is 1. The van der Waals surface area contributed by atoms with Gasteiger partial charge >= 0.3 is 12.0 Å². The summed E-state index contributed by atoms with van der Waals surface area (Å²) >= 11 is 0. The van der Waals surface area contributed by atoms with Gasteiger partial charge < -0.3 is 15.0 Å². The lowest BCUT2D eigenvalue weighted by Crippen LogP contribution is -2.35. The maximum absolute atomic E-state index is 12.3. The molecular formula is C18H16N4O6. The minimum absolute atomic E-state index is 0.0183. The molecule has 0 radical (unpaired) electrons. The molecule has 1 fully saturated rings. The Balaban J connectivity index is 1.95. The third-order valence-electron chi connectivity index (χ3n) is 4.34. The largest absolute Gasteiger partial charge is 0.480 e. The summed E-state index contributed by atoms with van der Waals surface area (Å²) in [5.41, 5.74) is 2.88. The quantitative estimate of drug-likeness (QED) is 0.350. The third kappa shape index (κ3) is 3.34. The third-order valence-corrected chi connectivity index (χ3v) is 4.34. The van der Waals surface area contributed by atoms with Crippen molar-refractivity contribution in [2.75, 3.05) is 6.54 Å². The monoisotopic (exact) mass is 384 g/mol. The van der Waals surface area contributed by atoms with E-state index in [-0.39, 0.29) is 11.4 Å².